The van der Waals surface area contributed by atoms with Gasteiger partial charge in [-0.2, -0.15) is 0 Å². The standard InChI is InChI=1S/C17H27FN2O/c1-17(12-19,10-13-6-8-15(18)9-7-13)20-16-5-3-2-4-14(16)11-21/h6-9,14,16,20-21H,2-5,10-12,19H2,1H3. The molecule has 3 unspecified atom stereocenters. The minimum absolute atomic E-state index is 0.214. The van der Waals surface area contributed by atoms with Crippen molar-refractivity contribution in [1.82, 2.24) is 5.32 Å². The van der Waals surface area contributed by atoms with Gasteiger partial charge in [-0.1, -0.05) is 25.0 Å². The van der Waals surface area contributed by atoms with Crippen LogP contribution in [0.5, 0.6) is 0 Å². The maximum atomic E-state index is 13.0. The van der Waals surface area contributed by atoms with Gasteiger partial charge in [-0.15, -0.1) is 0 Å². The molecule has 4 N–H and O–H groups in total. The zero-order valence-corrected chi connectivity index (χ0v) is 12.8. The van der Waals surface area contributed by atoms with E-state index in [-0.39, 0.29) is 18.0 Å². The van der Waals surface area contributed by atoms with Gasteiger partial charge in [0.05, 0.1) is 0 Å². The average Bonchev–Trinajstić information content (AvgIpc) is 2.50. The van der Waals surface area contributed by atoms with Crippen LogP contribution in [0.3, 0.4) is 0 Å². The first-order chi connectivity index (χ1) is 10.1. The molecule has 4 heteroatoms. The number of hydrogen-bond donors (Lipinski definition) is 3. The van der Waals surface area contributed by atoms with Crippen molar-refractivity contribution in [2.24, 2.45) is 11.7 Å². The summed E-state index contributed by atoms with van der Waals surface area (Å²) in [7, 11) is 0. The monoisotopic (exact) mass is 294 g/mol. The lowest BCUT2D eigenvalue weighted by atomic mass is 9.82. The molecular formula is C17H27FN2O. The topological polar surface area (TPSA) is 58.3 Å². The molecule has 2 rings (SSSR count). The molecule has 118 valence electrons. The SMILES string of the molecule is CC(CN)(Cc1ccc(F)cc1)NC1CCCCC1CO. The molecular weight excluding hydrogens is 267 g/mol. The minimum Gasteiger partial charge on any atom is -0.396 e. The Hall–Kier alpha value is -0.970. The van der Waals surface area contributed by atoms with Crippen LogP contribution in [0.15, 0.2) is 24.3 Å². The second kappa shape index (κ2) is 7.34. The van der Waals surface area contributed by atoms with Crippen LogP contribution in [0.1, 0.15) is 38.2 Å². The predicted molar refractivity (Wildman–Crippen MR) is 83.5 cm³/mol. The van der Waals surface area contributed by atoms with E-state index in [9.17, 15) is 9.50 Å². The summed E-state index contributed by atoms with van der Waals surface area (Å²) < 4.78 is 13.0. The Morgan fingerprint density at radius 3 is 2.57 bits per heavy atom. The lowest BCUT2D eigenvalue weighted by molar-refractivity contribution is 0.131. The van der Waals surface area contributed by atoms with Crippen LogP contribution >= 0.6 is 0 Å². The van der Waals surface area contributed by atoms with Gasteiger partial charge in [-0.05, 0) is 49.8 Å². The Balaban J connectivity index is 2.03. The van der Waals surface area contributed by atoms with Crippen molar-refractivity contribution in [1.29, 1.82) is 0 Å². The molecule has 1 aliphatic carbocycles. The number of aliphatic hydroxyl groups excluding tert-OH is 1. The van der Waals surface area contributed by atoms with Crippen molar-refractivity contribution in [3.8, 4) is 0 Å². The first kappa shape index (κ1) is 16.4. The highest BCUT2D eigenvalue weighted by atomic mass is 19.1. The molecule has 0 saturated heterocycles. The number of aliphatic hydroxyl groups is 1. The summed E-state index contributed by atoms with van der Waals surface area (Å²) in [6, 6.07) is 6.93. The van der Waals surface area contributed by atoms with Crippen LogP contribution in [0.4, 0.5) is 4.39 Å². The summed E-state index contributed by atoms with van der Waals surface area (Å²) in [5.74, 6) is 0.103. The van der Waals surface area contributed by atoms with Gasteiger partial charge in [-0.3, -0.25) is 0 Å². The zero-order chi connectivity index (χ0) is 15.3. The normalized spacial score (nSPS) is 25.5. The molecule has 1 aromatic carbocycles. The van der Waals surface area contributed by atoms with Gasteiger partial charge < -0.3 is 16.2 Å². The van der Waals surface area contributed by atoms with Crippen molar-refractivity contribution in [3.05, 3.63) is 35.6 Å². The Morgan fingerprint density at radius 2 is 1.95 bits per heavy atom. The summed E-state index contributed by atoms with van der Waals surface area (Å²) in [4.78, 5) is 0. The second-order valence-electron chi connectivity index (χ2n) is 6.55. The van der Waals surface area contributed by atoms with E-state index in [1.165, 1.54) is 25.0 Å². The van der Waals surface area contributed by atoms with Crippen molar-refractivity contribution in [2.45, 2.75) is 50.6 Å². The number of nitrogens with one attached hydrogen (secondary N) is 1. The largest absolute Gasteiger partial charge is 0.396 e. The molecule has 1 fully saturated rings. The minimum atomic E-state index is -0.229. The number of halogens is 1. The molecule has 0 heterocycles. The molecule has 21 heavy (non-hydrogen) atoms. The summed E-state index contributed by atoms with van der Waals surface area (Å²) in [5, 5.41) is 13.2. The van der Waals surface area contributed by atoms with Gasteiger partial charge in [0.25, 0.3) is 0 Å². The van der Waals surface area contributed by atoms with E-state index >= 15 is 0 Å². The van der Waals surface area contributed by atoms with E-state index in [0.717, 1.165) is 24.8 Å². The summed E-state index contributed by atoms with van der Waals surface area (Å²) in [5.41, 5.74) is 6.84. The summed E-state index contributed by atoms with van der Waals surface area (Å²) >= 11 is 0. The van der Waals surface area contributed by atoms with Crippen molar-refractivity contribution in [3.63, 3.8) is 0 Å². The maximum absolute atomic E-state index is 13.0. The van der Waals surface area contributed by atoms with Gasteiger partial charge in [0.1, 0.15) is 5.82 Å². The molecule has 0 radical (unpaired) electrons. The van der Waals surface area contributed by atoms with Crippen LogP contribution in [-0.4, -0.2) is 29.8 Å². The summed E-state index contributed by atoms with van der Waals surface area (Å²) in [6.45, 7) is 2.85. The highest BCUT2D eigenvalue weighted by Gasteiger charge is 2.31. The lowest BCUT2D eigenvalue weighted by Crippen LogP contribution is -2.57. The quantitative estimate of drug-likeness (QED) is 0.754. The van der Waals surface area contributed by atoms with Crippen LogP contribution in [0.25, 0.3) is 0 Å². The van der Waals surface area contributed by atoms with Gasteiger partial charge >= 0.3 is 0 Å². The average molecular weight is 294 g/mol. The van der Waals surface area contributed by atoms with Crippen molar-refractivity contribution in [2.75, 3.05) is 13.2 Å². The van der Waals surface area contributed by atoms with Gasteiger partial charge in [0, 0.05) is 24.7 Å². The molecule has 1 aliphatic rings. The molecule has 0 aromatic heterocycles. The third-order valence-corrected chi connectivity index (χ3v) is 4.64. The Bertz CT molecular complexity index is 437. The molecule has 0 bridgehead atoms. The van der Waals surface area contributed by atoms with E-state index in [1.54, 1.807) is 0 Å². The fourth-order valence-corrected chi connectivity index (χ4v) is 3.30. The van der Waals surface area contributed by atoms with Gasteiger partial charge in [0.2, 0.25) is 0 Å². The summed E-state index contributed by atoms with van der Waals surface area (Å²) in [6.07, 6.45) is 5.32. The first-order valence-electron chi connectivity index (χ1n) is 7.89. The molecule has 3 nitrogen and oxygen atoms in total. The van der Waals surface area contributed by atoms with Crippen molar-refractivity contribution < 1.29 is 9.50 Å². The van der Waals surface area contributed by atoms with E-state index in [1.807, 2.05) is 12.1 Å². The third kappa shape index (κ3) is 4.50. The number of nitrogens with two attached hydrogens (primary N) is 1. The zero-order valence-electron chi connectivity index (χ0n) is 12.8. The first-order valence-corrected chi connectivity index (χ1v) is 7.89. The maximum Gasteiger partial charge on any atom is 0.123 e. The van der Waals surface area contributed by atoms with E-state index < -0.39 is 0 Å². The highest BCUT2D eigenvalue weighted by Crippen LogP contribution is 2.26. The predicted octanol–water partition coefficient (Wildman–Crippen LogP) is 2.23. The van der Waals surface area contributed by atoms with Crippen LogP contribution < -0.4 is 11.1 Å². The van der Waals surface area contributed by atoms with E-state index in [4.69, 9.17) is 5.73 Å². The lowest BCUT2D eigenvalue weighted by Gasteiger charge is -2.39. The van der Waals surface area contributed by atoms with E-state index in [2.05, 4.69) is 12.2 Å². The molecule has 1 aromatic rings. The van der Waals surface area contributed by atoms with E-state index in [0.29, 0.717) is 18.5 Å². The van der Waals surface area contributed by atoms with Crippen LogP contribution in [-0.2, 0) is 6.42 Å². The van der Waals surface area contributed by atoms with Gasteiger partial charge in [-0.25, -0.2) is 4.39 Å². The van der Waals surface area contributed by atoms with Crippen molar-refractivity contribution >= 4 is 0 Å². The molecule has 0 amide bonds. The molecule has 0 aliphatic heterocycles. The molecule has 3 atom stereocenters. The number of benzene rings is 1. The Morgan fingerprint density at radius 1 is 1.29 bits per heavy atom. The smallest absolute Gasteiger partial charge is 0.123 e. The third-order valence-electron chi connectivity index (χ3n) is 4.64. The number of hydrogen-bond acceptors (Lipinski definition) is 3. The fourth-order valence-electron chi connectivity index (χ4n) is 3.30. The number of rotatable bonds is 6. The Labute approximate surface area is 126 Å². The Kier molecular flexibility index (Phi) is 5.73. The second-order valence-corrected chi connectivity index (χ2v) is 6.55. The molecule has 0 spiro atoms. The van der Waals surface area contributed by atoms with Crippen LogP contribution in [0.2, 0.25) is 0 Å². The fraction of sp³-hybridized carbons (Fsp3) is 0.647. The van der Waals surface area contributed by atoms with Crippen LogP contribution in [0, 0.1) is 11.7 Å². The molecule has 1 saturated carbocycles. The van der Waals surface area contributed by atoms with Gasteiger partial charge in [0.15, 0.2) is 0 Å². The highest BCUT2D eigenvalue weighted by molar-refractivity contribution is 5.19.